The zero-order chi connectivity index (χ0) is 19.3. The van der Waals surface area contributed by atoms with E-state index in [1.807, 2.05) is 0 Å². The lowest BCUT2D eigenvalue weighted by Crippen LogP contribution is -2.37. The Labute approximate surface area is 164 Å². The van der Waals surface area contributed by atoms with Crippen molar-refractivity contribution >= 4 is 29.7 Å². The van der Waals surface area contributed by atoms with Gasteiger partial charge in [-0.2, -0.15) is 13.2 Å². The van der Waals surface area contributed by atoms with Crippen molar-refractivity contribution in [2.24, 2.45) is 5.73 Å². The Kier molecular flexibility index (Phi) is 8.48. The molecule has 0 fully saturated rings. The van der Waals surface area contributed by atoms with Gasteiger partial charge >= 0.3 is 6.18 Å². The van der Waals surface area contributed by atoms with Crippen LogP contribution in [0.25, 0.3) is 0 Å². The van der Waals surface area contributed by atoms with E-state index >= 15 is 0 Å². The van der Waals surface area contributed by atoms with Crippen LogP contribution in [0.2, 0.25) is 0 Å². The van der Waals surface area contributed by atoms with Gasteiger partial charge in [0.1, 0.15) is 29.2 Å². The second kappa shape index (κ2) is 9.88. The molecule has 0 aliphatic carbocycles. The highest BCUT2D eigenvalue weighted by Crippen LogP contribution is 2.35. The van der Waals surface area contributed by atoms with E-state index in [1.54, 1.807) is 5.38 Å². The van der Waals surface area contributed by atoms with Gasteiger partial charge < -0.3 is 20.5 Å². The number of aliphatic hydroxyl groups excluding tert-OH is 1. The third kappa shape index (κ3) is 6.35. The van der Waals surface area contributed by atoms with Gasteiger partial charge in [-0.05, 0) is 12.1 Å². The summed E-state index contributed by atoms with van der Waals surface area (Å²) >= 11 is 1.25. The molecule has 11 heteroatoms. The first-order valence-electron chi connectivity index (χ1n) is 7.59. The normalized spacial score (nSPS) is 12.2. The summed E-state index contributed by atoms with van der Waals surface area (Å²) in [4.78, 5) is 17.5. The maximum absolute atomic E-state index is 12.9. The SMILES string of the molecule is CN(CC(O)COc1ccccc1C(F)(F)F)C(=O)c1csc(CN)n1.Cl. The molecular formula is C16H19ClF3N3O3S. The Bertz CT molecular complexity index is 758. The molecule has 3 N–H and O–H groups in total. The van der Waals surface area contributed by atoms with Gasteiger partial charge in [0.2, 0.25) is 0 Å². The van der Waals surface area contributed by atoms with Crippen LogP contribution in [0.1, 0.15) is 21.1 Å². The minimum atomic E-state index is -4.56. The number of halogens is 4. The molecule has 2 rings (SSSR count). The van der Waals surface area contributed by atoms with Gasteiger partial charge in [0.05, 0.1) is 5.56 Å². The standard InChI is InChI=1S/C16H18F3N3O3S.ClH/c1-22(15(24)12-9-26-14(6-20)21-12)7-10(23)8-25-13-5-3-2-4-11(13)16(17,18)19;/h2-5,9-10,23H,6-8,20H2,1H3;1H. The Balaban J connectivity index is 0.00000364. The molecule has 1 aromatic heterocycles. The first kappa shape index (κ1) is 23.2. The van der Waals surface area contributed by atoms with E-state index in [2.05, 4.69) is 4.98 Å². The maximum atomic E-state index is 12.9. The third-order valence-electron chi connectivity index (χ3n) is 3.40. The Morgan fingerprint density at radius 3 is 2.67 bits per heavy atom. The number of carbonyl (C=O) groups is 1. The van der Waals surface area contributed by atoms with Gasteiger partial charge in [-0.3, -0.25) is 4.79 Å². The smallest absolute Gasteiger partial charge is 0.419 e. The minimum Gasteiger partial charge on any atom is -0.490 e. The maximum Gasteiger partial charge on any atom is 0.419 e. The number of rotatable bonds is 7. The van der Waals surface area contributed by atoms with E-state index in [4.69, 9.17) is 10.5 Å². The fraction of sp³-hybridized carbons (Fsp3) is 0.375. The number of nitrogens with zero attached hydrogens (tertiary/aromatic N) is 2. The number of nitrogens with two attached hydrogens (primary N) is 1. The Morgan fingerprint density at radius 1 is 1.41 bits per heavy atom. The van der Waals surface area contributed by atoms with Crippen LogP contribution < -0.4 is 10.5 Å². The van der Waals surface area contributed by atoms with Crippen LogP contribution in [0.15, 0.2) is 29.6 Å². The van der Waals surface area contributed by atoms with Crippen molar-refractivity contribution in [1.82, 2.24) is 9.88 Å². The van der Waals surface area contributed by atoms with Crippen LogP contribution in [0.4, 0.5) is 13.2 Å². The van der Waals surface area contributed by atoms with Crippen molar-refractivity contribution in [3.05, 3.63) is 45.9 Å². The Hall–Kier alpha value is -1.88. The zero-order valence-corrected chi connectivity index (χ0v) is 15.9. The number of hydrogen-bond acceptors (Lipinski definition) is 6. The summed E-state index contributed by atoms with van der Waals surface area (Å²) in [5, 5.41) is 12.1. The molecule has 0 bridgehead atoms. The molecule has 2 aromatic rings. The molecule has 6 nitrogen and oxygen atoms in total. The molecule has 1 aromatic carbocycles. The number of thiazole rings is 1. The molecule has 0 aliphatic heterocycles. The topological polar surface area (TPSA) is 88.7 Å². The van der Waals surface area contributed by atoms with Crippen LogP contribution in [-0.2, 0) is 12.7 Å². The lowest BCUT2D eigenvalue weighted by atomic mass is 10.2. The van der Waals surface area contributed by atoms with Crippen LogP contribution in [0.3, 0.4) is 0 Å². The van der Waals surface area contributed by atoms with E-state index in [0.29, 0.717) is 5.01 Å². The van der Waals surface area contributed by atoms with Gasteiger partial charge in [-0.1, -0.05) is 12.1 Å². The quantitative estimate of drug-likeness (QED) is 0.711. The number of alkyl halides is 3. The summed E-state index contributed by atoms with van der Waals surface area (Å²) in [7, 11) is 1.46. The second-order valence-corrected chi connectivity index (χ2v) is 6.42. The van der Waals surface area contributed by atoms with Crippen LogP contribution >= 0.6 is 23.7 Å². The lowest BCUT2D eigenvalue weighted by Gasteiger charge is -2.21. The highest BCUT2D eigenvalue weighted by atomic mass is 35.5. The molecule has 0 aliphatic rings. The van der Waals surface area contributed by atoms with Gasteiger partial charge in [0, 0.05) is 25.5 Å². The molecular weight excluding hydrogens is 407 g/mol. The van der Waals surface area contributed by atoms with Crippen LogP contribution in [0, 0.1) is 0 Å². The van der Waals surface area contributed by atoms with Crippen molar-refractivity contribution in [2.75, 3.05) is 20.2 Å². The van der Waals surface area contributed by atoms with Crippen molar-refractivity contribution in [3.63, 3.8) is 0 Å². The van der Waals surface area contributed by atoms with Gasteiger partial charge in [0.15, 0.2) is 0 Å². The minimum absolute atomic E-state index is 0. The number of aliphatic hydroxyl groups is 1. The van der Waals surface area contributed by atoms with Crippen molar-refractivity contribution in [2.45, 2.75) is 18.8 Å². The largest absolute Gasteiger partial charge is 0.490 e. The summed E-state index contributed by atoms with van der Waals surface area (Å²) in [5.41, 5.74) is 4.72. The van der Waals surface area contributed by atoms with E-state index in [-0.39, 0.29) is 36.9 Å². The number of aromatic nitrogens is 1. The zero-order valence-electron chi connectivity index (χ0n) is 14.3. The van der Waals surface area contributed by atoms with Crippen molar-refractivity contribution < 1.29 is 27.8 Å². The predicted octanol–water partition coefficient (Wildman–Crippen LogP) is 2.55. The first-order chi connectivity index (χ1) is 12.2. The van der Waals surface area contributed by atoms with Gasteiger partial charge in [-0.15, -0.1) is 23.7 Å². The number of para-hydroxylation sites is 1. The molecule has 1 unspecified atom stereocenters. The van der Waals surface area contributed by atoms with E-state index in [0.717, 1.165) is 6.07 Å². The van der Waals surface area contributed by atoms with E-state index < -0.39 is 30.4 Å². The monoisotopic (exact) mass is 425 g/mol. The number of amides is 1. The molecule has 1 atom stereocenters. The molecule has 0 saturated carbocycles. The average Bonchev–Trinajstić information content (AvgIpc) is 3.07. The summed E-state index contributed by atoms with van der Waals surface area (Å²) in [5.74, 6) is -0.796. The predicted molar refractivity (Wildman–Crippen MR) is 97.2 cm³/mol. The van der Waals surface area contributed by atoms with Gasteiger partial charge in [-0.25, -0.2) is 4.98 Å². The highest BCUT2D eigenvalue weighted by molar-refractivity contribution is 7.09. The Morgan fingerprint density at radius 2 is 2.07 bits per heavy atom. The highest BCUT2D eigenvalue weighted by Gasteiger charge is 2.34. The van der Waals surface area contributed by atoms with Crippen molar-refractivity contribution in [3.8, 4) is 5.75 Å². The molecule has 27 heavy (non-hydrogen) atoms. The molecule has 0 radical (unpaired) electrons. The summed E-state index contributed by atoms with van der Waals surface area (Å²) < 4.78 is 43.8. The fourth-order valence-electron chi connectivity index (χ4n) is 2.16. The van der Waals surface area contributed by atoms with Crippen LogP contribution in [0.5, 0.6) is 5.75 Å². The first-order valence-corrected chi connectivity index (χ1v) is 8.47. The molecule has 150 valence electrons. The summed E-state index contributed by atoms with van der Waals surface area (Å²) in [6.07, 6.45) is -5.72. The van der Waals surface area contributed by atoms with E-state index in [1.165, 1.54) is 41.5 Å². The molecule has 1 amide bonds. The number of benzene rings is 1. The number of likely N-dealkylation sites (N-methyl/N-ethyl adjacent to an activating group) is 1. The number of hydrogen-bond donors (Lipinski definition) is 2. The molecule has 0 saturated heterocycles. The van der Waals surface area contributed by atoms with Crippen molar-refractivity contribution in [1.29, 1.82) is 0 Å². The summed E-state index contributed by atoms with van der Waals surface area (Å²) in [6, 6.07) is 4.73. The second-order valence-electron chi connectivity index (χ2n) is 5.48. The number of ether oxygens (including phenoxy) is 1. The third-order valence-corrected chi connectivity index (χ3v) is 4.27. The molecule has 0 spiro atoms. The van der Waals surface area contributed by atoms with Crippen LogP contribution in [-0.4, -0.2) is 47.2 Å². The lowest BCUT2D eigenvalue weighted by molar-refractivity contribution is -0.139. The molecule has 1 heterocycles. The van der Waals surface area contributed by atoms with Gasteiger partial charge in [0.25, 0.3) is 5.91 Å². The number of carbonyl (C=O) groups excluding carboxylic acids is 1. The average molecular weight is 426 g/mol. The fourth-order valence-corrected chi connectivity index (χ4v) is 2.81. The van der Waals surface area contributed by atoms with E-state index in [9.17, 15) is 23.1 Å². The summed E-state index contributed by atoms with van der Waals surface area (Å²) in [6.45, 7) is -0.297.